The summed E-state index contributed by atoms with van der Waals surface area (Å²) >= 11 is 0. The van der Waals surface area contributed by atoms with Crippen LogP contribution >= 0.6 is 0 Å². The van der Waals surface area contributed by atoms with Crippen molar-refractivity contribution in [1.29, 1.82) is 0 Å². The molecule has 0 bridgehead atoms. The summed E-state index contributed by atoms with van der Waals surface area (Å²) in [4.78, 5) is 10.3. The Bertz CT molecular complexity index is 458. The summed E-state index contributed by atoms with van der Waals surface area (Å²) in [5, 5.41) is 0. The van der Waals surface area contributed by atoms with Gasteiger partial charge in [-0.1, -0.05) is 44.2 Å². The summed E-state index contributed by atoms with van der Waals surface area (Å²) in [5.41, 5.74) is 2.38. The Morgan fingerprint density at radius 1 is 1.25 bits per heavy atom. The van der Waals surface area contributed by atoms with E-state index in [0.29, 0.717) is 13.0 Å². The number of aldehydes is 1. The molecular weight excluding hydrogens is 248 g/mol. The molecule has 1 aromatic carbocycles. The topological polar surface area (TPSA) is 26.3 Å². The fourth-order valence-corrected chi connectivity index (χ4v) is 1.96. The zero-order valence-corrected chi connectivity index (χ0v) is 12.5. The molecule has 108 valence electrons. The van der Waals surface area contributed by atoms with E-state index in [0.717, 1.165) is 36.9 Å². The summed E-state index contributed by atoms with van der Waals surface area (Å²) in [6.07, 6.45) is 11.1. The van der Waals surface area contributed by atoms with Crippen LogP contribution in [0.4, 0.5) is 0 Å². The molecule has 0 radical (unpaired) electrons. The minimum Gasteiger partial charge on any atom is -0.489 e. The molecule has 2 nitrogen and oxygen atoms in total. The first kappa shape index (κ1) is 16.2. The van der Waals surface area contributed by atoms with Crippen molar-refractivity contribution in [2.24, 2.45) is 0 Å². The molecule has 1 aliphatic rings. The van der Waals surface area contributed by atoms with Gasteiger partial charge in [0.05, 0.1) is 0 Å². The molecule has 1 aliphatic carbocycles. The Labute approximate surface area is 122 Å². The third kappa shape index (κ3) is 5.87. The summed E-state index contributed by atoms with van der Waals surface area (Å²) in [7, 11) is 0. The van der Waals surface area contributed by atoms with Crippen LogP contribution in [0, 0.1) is 0 Å². The van der Waals surface area contributed by atoms with Crippen molar-refractivity contribution in [3.8, 4) is 5.75 Å². The van der Waals surface area contributed by atoms with Crippen molar-refractivity contribution < 1.29 is 9.53 Å². The lowest BCUT2D eigenvalue weighted by molar-refractivity contribution is -0.107. The van der Waals surface area contributed by atoms with Gasteiger partial charge in [0.1, 0.15) is 18.6 Å². The van der Waals surface area contributed by atoms with Gasteiger partial charge in [-0.25, -0.2) is 0 Å². The van der Waals surface area contributed by atoms with Crippen LogP contribution in [0.5, 0.6) is 5.75 Å². The first-order chi connectivity index (χ1) is 9.88. The molecule has 0 unspecified atom stereocenters. The molecule has 0 saturated carbocycles. The molecule has 0 fully saturated rings. The van der Waals surface area contributed by atoms with Gasteiger partial charge in [-0.3, -0.25) is 0 Å². The smallest absolute Gasteiger partial charge is 0.120 e. The second-order valence-corrected chi connectivity index (χ2v) is 4.40. The number of benzene rings is 1. The molecule has 1 aromatic rings. The zero-order chi connectivity index (χ0) is 14.6. The Morgan fingerprint density at radius 2 is 2.10 bits per heavy atom. The van der Waals surface area contributed by atoms with Crippen molar-refractivity contribution in [2.45, 2.75) is 39.5 Å². The molecule has 0 spiro atoms. The normalized spacial score (nSPS) is 13.0. The van der Waals surface area contributed by atoms with E-state index >= 15 is 0 Å². The Kier molecular flexibility index (Phi) is 8.13. The van der Waals surface area contributed by atoms with E-state index in [1.54, 1.807) is 0 Å². The summed E-state index contributed by atoms with van der Waals surface area (Å²) in [6.45, 7) is 4.62. The minimum absolute atomic E-state index is 0.567. The molecule has 0 amide bonds. The predicted octanol–water partition coefficient (Wildman–Crippen LogP) is 4.50. The van der Waals surface area contributed by atoms with Crippen LogP contribution in [0.1, 0.15) is 38.7 Å². The zero-order valence-electron chi connectivity index (χ0n) is 12.5. The molecule has 20 heavy (non-hydrogen) atoms. The minimum atomic E-state index is 0.567. The SMILES string of the molecule is CC.O=CCCc1cccc(OCC2=CCCC=C2)c1. The molecule has 0 N–H and O–H groups in total. The highest BCUT2D eigenvalue weighted by atomic mass is 16.5. The highest BCUT2D eigenvalue weighted by molar-refractivity contribution is 5.50. The van der Waals surface area contributed by atoms with Gasteiger partial charge in [0.2, 0.25) is 0 Å². The molecule has 0 atom stereocenters. The van der Waals surface area contributed by atoms with Gasteiger partial charge in [-0.15, -0.1) is 0 Å². The maximum absolute atomic E-state index is 10.3. The van der Waals surface area contributed by atoms with E-state index in [-0.39, 0.29) is 0 Å². The second kappa shape index (κ2) is 10.0. The first-order valence-corrected chi connectivity index (χ1v) is 7.39. The maximum Gasteiger partial charge on any atom is 0.120 e. The van der Waals surface area contributed by atoms with Crippen LogP contribution < -0.4 is 4.74 Å². The van der Waals surface area contributed by atoms with Gasteiger partial charge in [-0.05, 0) is 42.5 Å². The van der Waals surface area contributed by atoms with Gasteiger partial charge in [0, 0.05) is 6.42 Å². The standard InChI is InChI=1S/C16H18O2.C2H6/c17-11-5-9-14-8-4-10-16(12-14)18-13-15-6-2-1-3-7-15;1-2/h2,4,6-8,10-12H,1,3,5,9,13H2;1-2H3. The van der Waals surface area contributed by atoms with Crippen LogP contribution in [-0.2, 0) is 11.2 Å². The Hall–Kier alpha value is -1.83. The number of aryl methyl sites for hydroxylation is 1. The van der Waals surface area contributed by atoms with E-state index in [1.165, 1.54) is 5.57 Å². The van der Waals surface area contributed by atoms with Crippen molar-refractivity contribution >= 4 is 6.29 Å². The number of rotatable bonds is 6. The van der Waals surface area contributed by atoms with Crippen molar-refractivity contribution in [3.05, 3.63) is 53.6 Å². The fourth-order valence-electron chi connectivity index (χ4n) is 1.96. The second-order valence-electron chi connectivity index (χ2n) is 4.40. The van der Waals surface area contributed by atoms with E-state index in [9.17, 15) is 4.79 Å². The number of carbonyl (C=O) groups excluding carboxylic acids is 1. The molecule has 2 rings (SSSR count). The number of ether oxygens (including phenoxy) is 1. The number of allylic oxidation sites excluding steroid dienone is 2. The summed E-state index contributed by atoms with van der Waals surface area (Å²) in [6, 6.07) is 7.96. The Morgan fingerprint density at radius 3 is 2.80 bits per heavy atom. The van der Waals surface area contributed by atoms with Crippen molar-refractivity contribution in [2.75, 3.05) is 6.61 Å². The third-order valence-electron chi connectivity index (χ3n) is 2.93. The highest BCUT2D eigenvalue weighted by Crippen LogP contribution is 2.17. The van der Waals surface area contributed by atoms with Gasteiger partial charge in [0.15, 0.2) is 0 Å². The lowest BCUT2D eigenvalue weighted by Crippen LogP contribution is -2.01. The van der Waals surface area contributed by atoms with Crippen LogP contribution in [0.3, 0.4) is 0 Å². The number of hydrogen-bond donors (Lipinski definition) is 0. The van der Waals surface area contributed by atoms with E-state index in [1.807, 2.05) is 38.1 Å². The average molecular weight is 272 g/mol. The summed E-state index contributed by atoms with van der Waals surface area (Å²) in [5.74, 6) is 0.873. The highest BCUT2D eigenvalue weighted by Gasteiger charge is 2.00. The number of hydrogen-bond acceptors (Lipinski definition) is 2. The van der Waals surface area contributed by atoms with Crippen LogP contribution in [-0.4, -0.2) is 12.9 Å². The van der Waals surface area contributed by atoms with Crippen molar-refractivity contribution in [3.63, 3.8) is 0 Å². The molecule has 0 heterocycles. The molecular formula is C18H24O2. The first-order valence-electron chi connectivity index (χ1n) is 7.39. The lowest BCUT2D eigenvalue weighted by atomic mass is 10.1. The molecule has 0 saturated heterocycles. The van der Waals surface area contributed by atoms with Crippen LogP contribution in [0.2, 0.25) is 0 Å². The largest absolute Gasteiger partial charge is 0.489 e. The fraction of sp³-hybridized carbons (Fsp3) is 0.389. The molecule has 2 heteroatoms. The predicted molar refractivity (Wildman–Crippen MR) is 84.1 cm³/mol. The number of carbonyl (C=O) groups is 1. The van der Waals surface area contributed by atoms with Gasteiger partial charge in [0.25, 0.3) is 0 Å². The van der Waals surface area contributed by atoms with Gasteiger partial charge >= 0.3 is 0 Å². The van der Waals surface area contributed by atoms with Gasteiger partial charge < -0.3 is 9.53 Å². The maximum atomic E-state index is 10.3. The van der Waals surface area contributed by atoms with E-state index in [4.69, 9.17) is 4.74 Å². The quantitative estimate of drug-likeness (QED) is 0.713. The third-order valence-corrected chi connectivity index (χ3v) is 2.93. The van der Waals surface area contributed by atoms with Crippen LogP contribution in [0.25, 0.3) is 0 Å². The monoisotopic (exact) mass is 272 g/mol. The van der Waals surface area contributed by atoms with Crippen LogP contribution in [0.15, 0.2) is 48.1 Å². The Balaban J connectivity index is 0.000000956. The molecule has 0 aliphatic heterocycles. The van der Waals surface area contributed by atoms with Crippen molar-refractivity contribution in [1.82, 2.24) is 0 Å². The van der Waals surface area contributed by atoms with E-state index in [2.05, 4.69) is 18.2 Å². The lowest BCUT2D eigenvalue weighted by Gasteiger charge is -2.10. The van der Waals surface area contributed by atoms with Gasteiger partial charge in [-0.2, -0.15) is 0 Å². The summed E-state index contributed by atoms with van der Waals surface area (Å²) < 4.78 is 5.76. The van der Waals surface area contributed by atoms with E-state index < -0.39 is 0 Å². The average Bonchev–Trinajstić information content (AvgIpc) is 2.54. The molecule has 0 aromatic heterocycles.